The first-order valence-electron chi connectivity index (χ1n) is 10.9. The van der Waals surface area contributed by atoms with E-state index in [0.29, 0.717) is 5.69 Å². The van der Waals surface area contributed by atoms with Crippen LogP contribution in [-0.4, -0.2) is 27.5 Å². The largest absolute Gasteiger partial charge is 0.425 e. The number of nitrogens with zero attached hydrogens (tertiary/aromatic N) is 1. The maximum absolute atomic E-state index is 14.7. The average molecular weight is 517 g/mol. The highest BCUT2D eigenvalue weighted by Gasteiger charge is 2.68. The van der Waals surface area contributed by atoms with Crippen LogP contribution in [0.15, 0.2) is 53.3 Å². The Morgan fingerprint density at radius 3 is 2.25 bits per heavy atom. The van der Waals surface area contributed by atoms with Crippen molar-refractivity contribution in [3.05, 3.63) is 85.9 Å². The van der Waals surface area contributed by atoms with Crippen molar-refractivity contribution in [1.82, 2.24) is 14.9 Å². The molecule has 3 N–H and O–H groups in total. The molecule has 0 fully saturated rings. The molecule has 1 unspecified atom stereocenters. The van der Waals surface area contributed by atoms with Gasteiger partial charge in [-0.2, -0.15) is 13.2 Å². The predicted molar refractivity (Wildman–Crippen MR) is 131 cm³/mol. The van der Waals surface area contributed by atoms with Gasteiger partial charge >= 0.3 is 6.18 Å². The van der Waals surface area contributed by atoms with E-state index in [9.17, 15) is 27.6 Å². The Morgan fingerprint density at radius 1 is 1.06 bits per heavy atom. The number of carbonyl (C=O) groups is 2. The van der Waals surface area contributed by atoms with Crippen molar-refractivity contribution in [2.24, 2.45) is 0 Å². The molecule has 3 aromatic rings. The van der Waals surface area contributed by atoms with Crippen LogP contribution in [0.1, 0.15) is 47.8 Å². The predicted octanol–water partition coefficient (Wildman–Crippen LogP) is 4.64. The summed E-state index contributed by atoms with van der Waals surface area (Å²) in [4.78, 5) is 41.1. The lowest BCUT2D eigenvalue weighted by molar-refractivity contribution is -0.196. The number of aromatic amines is 1. The molecular formula is C25H23F3N4O3S. The first-order valence-corrected chi connectivity index (χ1v) is 11.4. The molecule has 1 aromatic heterocycles. The third kappa shape index (κ3) is 4.02. The maximum Gasteiger partial charge on any atom is 0.425 e. The molecule has 1 aliphatic rings. The summed E-state index contributed by atoms with van der Waals surface area (Å²) in [7, 11) is 0. The van der Waals surface area contributed by atoms with Gasteiger partial charge in [0.15, 0.2) is 4.77 Å². The van der Waals surface area contributed by atoms with Crippen molar-refractivity contribution in [2.45, 2.75) is 44.8 Å². The summed E-state index contributed by atoms with van der Waals surface area (Å²) in [6.45, 7) is 7.61. The molecule has 36 heavy (non-hydrogen) atoms. The molecule has 2 amide bonds. The third-order valence-corrected chi connectivity index (χ3v) is 6.34. The smallest absolute Gasteiger partial charge is 0.326 e. The average Bonchev–Trinajstić information content (AvgIpc) is 3.06. The van der Waals surface area contributed by atoms with Crippen LogP contribution in [0.4, 0.5) is 19.0 Å². The SMILES string of the molecule is Cc1cccc(-n2c3c(c(=O)[nH]c2=S)C(NC(=O)c2ccc(C(C)(C)C)cc2)(C(F)(F)F)C(=O)N3)c1. The minimum Gasteiger partial charge on any atom is -0.326 e. The van der Waals surface area contributed by atoms with Crippen molar-refractivity contribution >= 4 is 29.9 Å². The minimum atomic E-state index is -5.36. The Balaban J connectivity index is 1.90. The van der Waals surface area contributed by atoms with Gasteiger partial charge in [0.1, 0.15) is 11.4 Å². The fourth-order valence-corrected chi connectivity index (χ4v) is 4.45. The van der Waals surface area contributed by atoms with Crippen molar-refractivity contribution in [3.8, 4) is 5.69 Å². The highest BCUT2D eigenvalue weighted by atomic mass is 32.1. The molecule has 2 aromatic carbocycles. The number of fused-ring (bicyclic) bond motifs is 1. The summed E-state index contributed by atoms with van der Waals surface area (Å²) < 4.78 is 44.9. The van der Waals surface area contributed by atoms with E-state index < -0.39 is 40.5 Å². The van der Waals surface area contributed by atoms with E-state index in [-0.39, 0.29) is 15.7 Å². The zero-order chi connectivity index (χ0) is 26.6. The van der Waals surface area contributed by atoms with Crippen LogP contribution in [0, 0.1) is 11.7 Å². The van der Waals surface area contributed by atoms with E-state index in [0.717, 1.165) is 15.7 Å². The molecule has 0 aliphatic carbocycles. The van der Waals surface area contributed by atoms with Crippen molar-refractivity contribution in [3.63, 3.8) is 0 Å². The van der Waals surface area contributed by atoms with Crippen LogP contribution in [0.5, 0.6) is 0 Å². The van der Waals surface area contributed by atoms with Crippen LogP contribution in [-0.2, 0) is 15.7 Å². The van der Waals surface area contributed by atoms with Gasteiger partial charge in [0.25, 0.3) is 22.9 Å². The minimum absolute atomic E-state index is 0.101. The zero-order valence-electron chi connectivity index (χ0n) is 19.8. The number of aromatic nitrogens is 2. The molecule has 1 atom stereocenters. The van der Waals surface area contributed by atoms with Crippen molar-refractivity contribution in [1.29, 1.82) is 0 Å². The Hall–Kier alpha value is -3.73. The third-order valence-electron chi connectivity index (χ3n) is 6.06. The number of amides is 2. The Labute approximate surface area is 209 Å². The number of nitrogens with one attached hydrogen (secondary N) is 3. The number of anilines is 1. The van der Waals surface area contributed by atoms with Gasteiger partial charge in [-0.3, -0.25) is 23.9 Å². The maximum atomic E-state index is 14.7. The number of aryl methyl sites for hydroxylation is 1. The van der Waals surface area contributed by atoms with E-state index in [1.165, 1.54) is 12.1 Å². The topological polar surface area (TPSA) is 96.0 Å². The van der Waals surface area contributed by atoms with Crippen molar-refractivity contribution in [2.75, 3.05) is 5.32 Å². The second-order valence-corrected chi connectivity index (χ2v) is 10.0. The summed E-state index contributed by atoms with van der Waals surface area (Å²) >= 11 is 5.21. The fourth-order valence-electron chi connectivity index (χ4n) is 4.16. The van der Waals surface area contributed by atoms with Gasteiger partial charge in [-0.1, -0.05) is 45.0 Å². The van der Waals surface area contributed by atoms with E-state index in [4.69, 9.17) is 12.2 Å². The number of rotatable bonds is 3. The molecule has 0 radical (unpaired) electrons. The molecule has 0 bridgehead atoms. The summed E-state index contributed by atoms with van der Waals surface area (Å²) in [5, 5.41) is 3.97. The van der Waals surface area contributed by atoms with Crippen LogP contribution in [0.25, 0.3) is 5.69 Å². The monoisotopic (exact) mass is 516 g/mol. The van der Waals surface area contributed by atoms with Gasteiger partial charge in [0, 0.05) is 5.56 Å². The molecule has 2 heterocycles. The van der Waals surface area contributed by atoms with Gasteiger partial charge in [0.05, 0.1) is 5.69 Å². The Kier molecular flexibility index (Phi) is 5.95. The lowest BCUT2D eigenvalue weighted by Crippen LogP contribution is -2.61. The number of benzene rings is 2. The normalized spacial score (nSPS) is 17.5. The highest BCUT2D eigenvalue weighted by Crippen LogP contribution is 2.46. The van der Waals surface area contributed by atoms with Gasteiger partial charge in [0.2, 0.25) is 0 Å². The second-order valence-electron chi connectivity index (χ2n) is 9.64. The van der Waals surface area contributed by atoms with E-state index in [1.807, 2.05) is 26.1 Å². The van der Waals surface area contributed by atoms with E-state index in [2.05, 4.69) is 10.3 Å². The van der Waals surface area contributed by atoms with Crippen LogP contribution in [0.3, 0.4) is 0 Å². The molecule has 4 rings (SSSR count). The number of halogens is 3. The van der Waals surface area contributed by atoms with Crippen molar-refractivity contribution < 1.29 is 22.8 Å². The summed E-state index contributed by atoms with van der Waals surface area (Å²) in [5.74, 6) is -3.24. The lowest BCUT2D eigenvalue weighted by Gasteiger charge is -2.30. The summed E-state index contributed by atoms with van der Waals surface area (Å²) in [5.41, 5.74) is -4.25. The van der Waals surface area contributed by atoms with Gasteiger partial charge in [-0.15, -0.1) is 0 Å². The molecule has 0 saturated carbocycles. The molecule has 0 spiro atoms. The Morgan fingerprint density at radius 2 is 1.69 bits per heavy atom. The summed E-state index contributed by atoms with van der Waals surface area (Å²) in [6.07, 6.45) is -5.36. The van der Waals surface area contributed by atoms with Gasteiger partial charge < -0.3 is 10.6 Å². The zero-order valence-corrected chi connectivity index (χ0v) is 20.6. The van der Waals surface area contributed by atoms with Crippen LogP contribution >= 0.6 is 12.2 Å². The molecule has 11 heteroatoms. The highest BCUT2D eigenvalue weighted by molar-refractivity contribution is 7.71. The number of alkyl halides is 3. The molecule has 1 aliphatic heterocycles. The molecule has 188 valence electrons. The molecule has 7 nitrogen and oxygen atoms in total. The molecular weight excluding hydrogens is 493 g/mol. The van der Waals surface area contributed by atoms with E-state index in [1.54, 1.807) is 43.3 Å². The summed E-state index contributed by atoms with van der Waals surface area (Å²) in [6, 6.07) is 12.6. The first kappa shape index (κ1) is 25.4. The second kappa shape index (κ2) is 8.44. The van der Waals surface area contributed by atoms with Gasteiger partial charge in [-0.05, 0) is 59.9 Å². The standard InChI is InChI=1S/C25H23F3N4O3S/c1-13-6-5-7-16(12-13)32-18-17(20(34)30-22(32)36)24(21(35)29-18,25(26,27)28)31-19(33)14-8-10-15(11-9-14)23(2,3)4/h5-12H,1-4H3,(H,29,35)(H,31,33)(H,30,34,36). The molecule has 0 saturated heterocycles. The van der Waals surface area contributed by atoms with Gasteiger partial charge in [-0.25, -0.2) is 0 Å². The lowest BCUT2D eigenvalue weighted by atomic mass is 9.86. The van der Waals surface area contributed by atoms with Crippen LogP contribution < -0.4 is 16.2 Å². The first-order chi connectivity index (χ1) is 16.7. The number of hydrogen-bond donors (Lipinski definition) is 3. The van der Waals surface area contributed by atoms with E-state index >= 15 is 0 Å². The quantitative estimate of drug-likeness (QED) is 0.442. The number of H-pyrrole nitrogens is 1. The Bertz CT molecular complexity index is 1500. The van der Waals surface area contributed by atoms with Crippen LogP contribution in [0.2, 0.25) is 0 Å². The fraction of sp³-hybridized carbons (Fsp3) is 0.280. The number of hydrogen-bond acceptors (Lipinski definition) is 4. The number of carbonyl (C=O) groups excluding carboxylic acids is 2.